The summed E-state index contributed by atoms with van der Waals surface area (Å²) >= 11 is 7.40. The maximum Gasteiger partial charge on any atom is 0.416 e. The van der Waals surface area contributed by atoms with E-state index in [0.717, 1.165) is 35.1 Å². The lowest BCUT2D eigenvalue weighted by atomic mass is 10.2. The van der Waals surface area contributed by atoms with E-state index >= 15 is 0 Å². The van der Waals surface area contributed by atoms with Gasteiger partial charge in [-0.05, 0) is 35.4 Å². The van der Waals surface area contributed by atoms with Crippen molar-refractivity contribution < 1.29 is 0 Å². The van der Waals surface area contributed by atoms with Crippen LogP contribution in [0.4, 0.5) is 0 Å². The van der Waals surface area contributed by atoms with E-state index in [0.29, 0.717) is 0 Å². The molecule has 1 aliphatic rings. The normalized spacial score (nSPS) is 17.1. The molecule has 4 rings (SSSR count). The Morgan fingerprint density at radius 1 is 0.679 bits per heavy atom. The quantitative estimate of drug-likeness (QED) is 0.314. The van der Waals surface area contributed by atoms with Crippen molar-refractivity contribution >= 4 is 52.2 Å². The summed E-state index contributed by atoms with van der Waals surface area (Å²) in [6, 6.07) is 27.4. The molecule has 2 nitrogen and oxygen atoms in total. The van der Waals surface area contributed by atoms with Crippen molar-refractivity contribution in [2.75, 3.05) is 13.1 Å². The first kappa shape index (κ1) is 20.3. The Hall–Kier alpha value is -0.965. The van der Waals surface area contributed by atoms with Gasteiger partial charge in [-0.3, -0.25) is 0 Å². The second-order valence-corrected chi connectivity index (χ2v) is 11.6. The molecule has 0 aromatic heterocycles. The molecule has 0 amide bonds. The monoisotopic (exact) mass is 513 g/mol. The van der Waals surface area contributed by atoms with Crippen molar-refractivity contribution in [2.45, 2.75) is 13.1 Å². The topological polar surface area (TPSA) is 6.48 Å². The van der Waals surface area contributed by atoms with E-state index in [9.17, 15) is 0 Å². The molecule has 0 spiro atoms. The highest BCUT2D eigenvalue weighted by Gasteiger charge is 2.52. The molecule has 2 radical (unpaired) electrons. The van der Waals surface area contributed by atoms with Crippen LogP contribution in [0, 0.1) is 0 Å². The summed E-state index contributed by atoms with van der Waals surface area (Å²) in [5.41, 5.74) is 2.55. The zero-order valence-corrected chi connectivity index (χ0v) is 19.6. The average molecular weight is 515 g/mol. The van der Waals surface area contributed by atoms with Crippen molar-refractivity contribution in [1.82, 2.24) is 9.34 Å². The first-order valence-corrected chi connectivity index (χ1v) is 12.6. The van der Waals surface area contributed by atoms with Crippen LogP contribution in [0.3, 0.4) is 0 Å². The van der Waals surface area contributed by atoms with Crippen LogP contribution in [0.5, 0.6) is 0 Å². The Morgan fingerprint density at radius 2 is 1.11 bits per heavy atom. The molecular formula is C22H21BBr2N2P+. The fourth-order valence-corrected chi connectivity index (χ4v) is 7.68. The number of nitrogens with zero attached hydrogens (tertiary/aromatic N) is 2. The lowest BCUT2D eigenvalue weighted by Crippen LogP contribution is -2.32. The number of hydrogen-bond acceptors (Lipinski definition) is 2. The second-order valence-electron chi connectivity index (χ2n) is 6.94. The minimum absolute atomic E-state index is 0.840. The molecule has 6 heteroatoms. The summed E-state index contributed by atoms with van der Waals surface area (Å²) < 4.78 is 7.25. The summed E-state index contributed by atoms with van der Waals surface area (Å²) in [6.45, 7) is 3.61. The molecule has 0 atom stereocenters. The second kappa shape index (κ2) is 8.81. The number of benzene rings is 3. The van der Waals surface area contributed by atoms with Crippen LogP contribution in [0.25, 0.3) is 0 Å². The van der Waals surface area contributed by atoms with Gasteiger partial charge in [0.2, 0.25) is 0 Å². The third kappa shape index (κ3) is 4.01. The summed E-state index contributed by atoms with van der Waals surface area (Å²) in [7, 11) is 5.16. The van der Waals surface area contributed by atoms with E-state index in [1.165, 1.54) is 16.4 Å². The molecule has 28 heavy (non-hydrogen) atoms. The average Bonchev–Trinajstić information content (AvgIpc) is 3.03. The Balaban J connectivity index is 1.69. The molecule has 1 aliphatic heterocycles. The third-order valence-electron chi connectivity index (χ3n) is 5.24. The van der Waals surface area contributed by atoms with Gasteiger partial charge in [0.05, 0.1) is 26.2 Å². The van der Waals surface area contributed by atoms with Gasteiger partial charge in [-0.25, -0.2) is 0 Å². The van der Waals surface area contributed by atoms with Gasteiger partial charge >= 0.3 is 7.57 Å². The van der Waals surface area contributed by atoms with Crippen molar-refractivity contribution in [3.63, 3.8) is 0 Å². The fourth-order valence-electron chi connectivity index (χ4n) is 3.71. The number of hydrogen-bond donors (Lipinski definition) is 0. The highest BCUT2D eigenvalue weighted by atomic mass is 79.9. The van der Waals surface area contributed by atoms with Crippen LogP contribution >= 0.6 is 39.3 Å². The molecule has 140 valence electrons. The van der Waals surface area contributed by atoms with Crippen molar-refractivity contribution in [3.05, 3.63) is 98.9 Å². The van der Waals surface area contributed by atoms with E-state index in [4.69, 9.17) is 7.57 Å². The van der Waals surface area contributed by atoms with Gasteiger partial charge in [-0.15, -0.1) is 0 Å². The summed E-state index contributed by atoms with van der Waals surface area (Å²) in [4.78, 5) is 0. The van der Waals surface area contributed by atoms with Crippen molar-refractivity contribution in [1.29, 1.82) is 0 Å². The largest absolute Gasteiger partial charge is 0.416 e. The predicted octanol–water partition coefficient (Wildman–Crippen LogP) is 5.79. The predicted molar refractivity (Wildman–Crippen MR) is 128 cm³/mol. The Kier molecular flexibility index (Phi) is 6.39. The van der Waals surface area contributed by atoms with Gasteiger partial charge in [0, 0.05) is 8.95 Å². The van der Waals surface area contributed by atoms with Gasteiger partial charge < -0.3 is 0 Å². The first-order valence-electron chi connectivity index (χ1n) is 9.30. The fraction of sp³-hybridized carbons (Fsp3) is 0.182. The molecule has 3 aromatic rings. The van der Waals surface area contributed by atoms with Crippen LogP contribution in [0.15, 0.2) is 87.8 Å². The maximum absolute atomic E-state index is 7.30. The smallest absolute Gasteiger partial charge is 0.170 e. The molecular weight excluding hydrogens is 494 g/mol. The Labute approximate surface area is 186 Å². The molecule has 1 fully saturated rings. The van der Waals surface area contributed by atoms with Crippen LogP contribution in [0.1, 0.15) is 11.1 Å². The van der Waals surface area contributed by atoms with Gasteiger partial charge in [-0.2, -0.15) is 9.34 Å². The summed E-state index contributed by atoms with van der Waals surface area (Å²) in [5, 5.41) is 1.23. The lowest BCUT2D eigenvalue weighted by molar-refractivity contribution is 0.457. The highest BCUT2D eigenvalue weighted by molar-refractivity contribution is 9.10. The van der Waals surface area contributed by atoms with E-state index in [1.54, 1.807) is 0 Å². The van der Waals surface area contributed by atoms with E-state index in [-0.39, 0.29) is 0 Å². The van der Waals surface area contributed by atoms with E-state index in [2.05, 4.69) is 120 Å². The Morgan fingerprint density at radius 3 is 1.57 bits per heavy atom. The molecule has 0 saturated carbocycles. The number of halogens is 2. The molecule has 0 aliphatic carbocycles. The van der Waals surface area contributed by atoms with Crippen LogP contribution in [-0.2, 0) is 13.1 Å². The molecule has 3 aromatic carbocycles. The van der Waals surface area contributed by atoms with Crippen LogP contribution in [0.2, 0.25) is 0 Å². The van der Waals surface area contributed by atoms with Gasteiger partial charge in [0.25, 0.3) is 0 Å². The van der Waals surface area contributed by atoms with Crippen molar-refractivity contribution in [2.24, 2.45) is 0 Å². The molecule has 1 heterocycles. The van der Waals surface area contributed by atoms with Crippen molar-refractivity contribution in [3.8, 4) is 0 Å². The molecule has 0 bridgehead atoms. The standard InChI is InChI=1S/C22H21BBr2N2P/c23-28(20-10-2-1-3-11-20)26(16-18-8-4-6-12-21(18)24)14-15-27(28)17-19-9-5-7-13-22(19)25/h1-13H,14-17H2/q+1. The Bertz CT molecular complexity index is 899. The first-order chi connectivity index (χ1) is 13.6. The van der Waals surface area contributed by atoms with Crippen LogP contribution < -0.4 is 5.30 Å². The third-order valence-corrected chi connectivity index (χ3v) is 10.2. The number of rotatable bonds is 5. The highest BCUT2D eigenvalue weighted by Crippen LogP contribution is 2.64. The maximum atomic E-state index is 7.30. The minimum Gasteiger partial charge on any atom is -0.170 e. The zero-order chi connectivity index (χ0) is 19.6. The van der Waals surface area contributed by atoms with Crippen LogP contribution in [-0.4, -0.2) is 30.0 Å². The van der Waals surface area contributed by atoms with Gasteiger partial charge in [0.1, 0.15) is 12.7 Å². The minimum atomic E-state index is -2.14. The van der Waals surface area contributed by atoms with E-state index in [1.807, 2.05) is 0 Å². The lowest BCUT2D eigenvalue weighted by Gasteiger charge is -2.34. The molecule has 0 unspecified atom stereocenters. The summed E-state index contributed by atoms with van der Waals surface area (Å²) in [6.07, 6.45) is 0. The van der Waals surface area contributed by atoms with Gasteiger partial charge in [-0.1, -0.05) is 86.5 Å². The molecule has 0 N–H and O–H groups in total. The zero-order valence-electron chi connectivity index (χ0n) is 15.5. The van der Waals surface area contributed by atoms with Gasteiger partial charge in [0.15, 0.2) is 0 Å². The SMILES string of the molecule is [B][P+]1(c2ccccc2)N(Cc2ccccc2Br)CCN1Cc1ccccc1Br. The molecule has 1 saturated heterocycles. The summed E-state index contributed by atoms with van der Waals surface area (Å²) in [5.74, 6) is 0. The van der Waals surface area contributed by atoms with E-state index < -0.39 is 7.44 Å².